The molecule has 3 aromatic rings. The molecular weight excluding hydrogens is 392 g/mol. The molecule has 0 aliphatic carbocycles. The number of carbonyl (C=O) groups excluding carboxylic acids is 1. The SMILES string of the molecule is O=C(Oc1ccc(C=NNc2ccc([N+](=O)[O-])cc2)cc1)c1cccc([N+](=O)[O-])c1. The van der Waals surface area contributed by atoms with Crippen LogP contribution in [0, 0.1) is 20.2 Å². The largest absolute Gasteiger partial charge is 0.423 e. The van der Waals surface area contributed by atoms with Gasteiger partial charge in [0.2, 0.25) is 0 Å². The van der Waals surface area contributed by atoms with Gasteiger partial charge in [0.1, 0.15) is 5.75 Å². The van der Waals surface area contributed by atoms with Crippen LogP contribution in [0.1, 0.15) is 15.9 Å². The summed E-state index contributed by atoms with van der Waals surface area (Å²) in [6, 6.07) is 17.5. The number of hydrogen-bond acceptors (Lipinski definition) is 8. The summed E-state index contributed by atoms with van der Waals surface area (Å²) in [7, 11) is 0. The summed E-state index contributed by atoms with van der Waals surface area (Å²) in [5.74, 6) is -0.438. The minimum absolute atomic E-state index is 0.0141. The summed E-state index contributed by atoms with van der Waals surface area (Å²) in [6.45, 7) is 0. The summed E-state index contributed by atoms with van der Waals surface area (Å²) in [6.07, 6.45) is 1.52. The molecule has 1 N–H and O–H groups in total. The second-order valence-electron chi connectivity index (χ2n) is 5.94. The second-order valence-corrected chi connectivity index (χ2v) is 5.94. The van der Waals surface area contributed by atoms with E-state index in [0.717, 1.165) is 6.07 Å². The van der Waals surface area contributed by atoms with Crippen LogP contribution in [-0.4, -0.2) is 22.0 Å². The first-order chi connectivity index (χ1) is 14.4. The van der Waals surface area contributed by atoms with Gasteiger partial charge in [-0.15, -0.1) is 0 Å². The number of ether oxygens (including phenoxy) is 1. The van der Waals surface area contributed by atoms with Crippen LogP contribution in [0.2, 0.25) is 0 Å². The first-order valence-electron chi connectivity index (χ1n) is 8.52. The number of rotatable bonds is 7. The number of esters is 1. The van der Waals surface area contributed by atoms with Crippen LogP contribution in [0.25, 0.3) is 0 Å². The van der Waals surface area contributed by atoms with E-state index in [1.54, 1.807) is 24.3 Å². The predicted molar refractivity (Wildman–Crippen MR) is 109 cm³/mol. The summed E-state index contributed by atoms with van der Waals surface area (Å²) < 4.78 is 5.22. The predicted octanol–water partition coefficient (Wildman–Crippen LogP) is 4.17. The first-order valence-corrected chi connectivity index (χ1v) is 8.52. The van der Waals surface area contributed by atoms with Gasteiger partial charge < -0.3 is 4.74 Å². The van der Waals surface area contributed by atoms with Crippen LogP contribution in [0.3, 0.4) is 0 Å². The van der Waals surface area contributed by atoms with Gasteiger partial charge in [0.15, 0.2) is 0 Å². The molecule has 0 unspecified atom stereocenters. The zero-order valence-electron chi connectivity index (χ0n) is 15.3. The fourth-order valence-electron chi connectivity index (χ4n) is 2.37. The summed E-state index contributed by atoms with van der Waals surface area (Å²) in [5, 5.41) is 25.5. The van der Waals surface area contributed by atoms with Crippen molar-refractivity contribution < 1.29 is 19.4 Å². The quantitative estimate of drug-likeness (QED) is 0.204. The van der Waals surface area contributed by atoms with E-state index < -0.39 is 15.8 Å². The van der Waals surface area contributed by atoms with E-state index in [2.05, 4.69) is 10.5 Å². The van der Waals surface area contributed by atoms with Gasteiger partial charge >= 0.3 is 5.97 Å². The maximum absolute atomic E-state index is 12.1. The molecule has 0 spiro atoms. The molecule has 30 heavy (non-hydrogen) atoms. The molecule has 0 amide bonds. The highest BCUT2D eigenvalue weighted by atomic mass is 16.6. The van der Waals surface area contributed by atoms with Crippen LogP contribution in [0.4, 0.5) is 17.1 Å². The zero-order valence-corrected chi connectivity index (χ0v) is 15.3. The minimum Gasteiger partial charge on any atom is -0.423 e. The molecule has 150 valence electrons. The Bertz CT molecular complexity index is 1110. The Balaban J connectivity index is 1.58. The molecule has 0 saturated heterocycles. The van der Waals surface area contributed by atoms with Crippen molar-refractivity contribution in [3.63, 3.8) is 0 Å². The van der Waals surface area contributed by atoms with Crippen molar-refractivity contribution in [1.82, 2.24) is 0 Å². The average Bonchev–Trinajstić information content (AvgIpc) is 2.75. The van der Waals surface area contributed by atoms with Crippen molar-refractivity contribution in [3.8, 4) is 5.75 Å². The van der Waals surface area contributed by atoms with Crippen molar-refractivity contribution in [2.24, 2.45) is 5.10 Å². The Morgan fingerprint density at radius 1 is 0.900 bits per heavy atom. The highest BCUT2D eigenvalue weighted by Crippen LogP contribution is 2.18. The number of non-ortho nitro benzene ring substituents is 2. The Kier molecular flexibility index (Phi) is 6.08. The third-order valence-corrected chi connectivity index (χ3v) is 3.87. The molecule has 0 radical (unpaired) electrons. The third-order valence-electron chi connectivity index (χ3n) is 3.87. The fourth-order valence-corrected chi connectivity index (χ4v) is 2.37. The average molecular weight is 406 g/mol. The second kappa shape index (κ2) is 9.06. The van der Waals surface area contributed by atoms with Crippen LogP contribution in [-0.2, 0) is 0 Å². The summed E-state index contributed by atoms with van der Waals surface area (Å²) >= 11 is 0. The fraction of sp³-hybridized carbons (Fsp3) is 0. The smallest absolute Gasteiger partial charge is 0.343 e. The molecule has 0 aliphatic rings. The normalized spacial score (nSPS) is 10.5. The van der Waals surface area contributed by atoms with E-state index in [-0.39, 0.29) is 22.7 Å². The molecule has 0 aliphatic heterocycles. The van der Waals surface area contributed by atoms with Crippen molar-refractivity contribution >= 4 is 29.2 Å². The van der Waals surface area contributed by atoms with Crippen molar-refractivity contribution in [2.45, 2.75) is 0 Å². The van der Waals surface area contributed by atoms with Crippen LogP contribution in [0.15, 0.2) is 77.9 Å². The standard InChI is InChI=1S/C20H14N4O6/c25-20(15-2-1-3-18(12-15)24(28)29)30-19-10-4-14(5-11-19)13-21-22-16-6-8-17(9-7-16)23(26)27/h1-13,22H. The van der Waals surface area contributed by atoms with E-state index in [1.807, 2.05) is 0 Å². The maximum atomic E-state index is 12.1. The molecule has 10 heteroatoms. The number of hydrazone groups is 1. The summed E-state index contributed by atoms with van der Waals surface area (Å²) in [5.41, 5.74) is 3.90. The zero-order chi connectivity index (χ0) is 21.5. The van der Waals surface area contributed by atoms with Crippen molar-refractivity contribution in [3.05, 3.63) is 104 Å². The lowest BCUT2D eigenvalue weighted by atomic mass is 10.2. The van der Waals surface area contributed by atoms with Gasteiger partial charge in [-0.05, 0) is 48.0 Å². The summed E-state index contributed by atoms with van der Waals surface area (Å²) in [4.78, 5) is 32.5. The molecule has 3 rings (SSSR count). The molecule has 0 aromatic heterocycles. The Hall–Kier alpha value is -4.60. The van der Waals surface area contributed by atoms with Crippen molar-refractivity contribution in [2.75, 3.05) is 5.43 Å². The number of anilines is 1. The topological polar surface area (TPSA) is 137 Å². The van der Waals surface area contributed by atoms with Gasteiger partial charge in [0.05, 0.1) is 27.3 Å². The molecule has 0 atom stereocenters. The van der Waals surface area contributed by atoms with E-state index in [1.165, 1.54) is 48.7 Å². The third kappa shape index (κ3) is 5.23. The number of nitro groups is 2. The Morgan fingerprint density at radius 3 is 2.20 bits per heavy atom. The van der Waals surface area contributed by atoms with Crippen LogP contribution >= 0.6 is 0 Å². The van der Waals surface area contributed by atoms with Gasteiger partial charge in [0.25, 0.3) is 11.4 Å². The minimum atomic E-state index is -0.708. The highest BCUT2D eigenvalue weighted by molar-refractivity contribution is 5.91. The van der Waals surface area contributed by atoms with Gasteiger partial charge in [-0.2, -0.15) is 5.10 Å². The number of nitrogens with one attached hydrogen (secondary N) is 1. The molecule has 0 bridgehead atoms. The molecule has 0 fully saturated rings. The number of nitrogens with zero attached hydrogens (tertiary/aromatic N) is 3. The number of carbonyl (C=O) groups is 1. The lowest BCUT2D eigenvalue weighted by Crippen LogP contribution is -2.08. The number of nitro benzene ring substituents is 2. The van der Waals surface area contributed by atoms with E-state index >= 15 is 0 Å². The van der Waals surface area contributed by atoms with Crippen molar-refractivity contribution in [1.29, 1.82) is 0 Å². The van der Waals surface area contributed by atoms with E-state index in [9.17, 15) is 25.0 Å². The molecular formula is C20H14N4O6. The van der Waals surface area contributed by atoms with E-state index in [4.69, 9.17) is 4.74 Å². The van der Waals surface area contributed by atoms with Crippen LogP contribution in [0.5, 0.6) is 5.75 Å². The van der Waals surface area contributed by atoms with Gasteiger partial charge in [-0.3, -0.25) is 25.7 Å². The first kappa shape index (κ1) is 20.1. The van der Waals surface area contributed by atoms with Gasteiger partial charge in [0, 0.05) is 24.3 Å². The molecule has 0 saturated carbocycles. The highest BCUT2D eigenvalue weighted by Gasteiger charge is 2.13. The lowest BCUT2D eigenvalue weighted by molar-refractivity contribution is -0.385. The molecule has 0 heterocycles. The van der Waals surface area contributed by atoms with Gasteiger partial charge in [-0.25, -0.2) is 4.79 Å². The maximum Gasteiger partial charge on any atom is 0.343 e. The lowest BCUT2D eigenvalue weighted by Gasteiger charge is -2.05. The molecule has 10 nitrogen and oxygen atoms in total. The number of hydrogen-bond donors (Lipinski definition) is 1. The Morgan fingerprint density at radius 2 is 1.57 bits per heavy atom. The Labute approximate surface area is 169 Å². The molecule has 3 aromatic carbocycles. The monoisotopic (exact) mass is 406 g/mol. The van der Waals surface area contributed by atoms with Gasteiger partial charge in [-0.1, -0.05) is 6.07 Å². The van der Waals surface area contributed by atoms with E-state index in [0.29, 0.717) is 11.3 Å². The van der Waals surface area contributed by atoms with Crippen LogP contribution < -0.4 is 10.2 Å². The number of benzene rings is 3.